The van der Waals surface area contributed by atoms with E-state index in [4.69, 9.17) is 9.40 Å². The Morgan fingerprint density at radius 2 is 1.06 bits per heavy atom. The molecular weight excluding hydrogens is 647 g/mol. The van der Waals surface area contributed by atoms with Gasteiger partial charge in [0, 0.05) is 38.8 Å². The van der Waals surface area contributed by atoms with Crippen molar-refractivity contribution in [3.05, 3.63) is 188 Å². The van der Waals surface area contributed by atoms with Gasteiger partial charge in [-0.1, -0.05) is 127 Å². The first-order valence-electron chi connectivity index (χ1n) is 18.0. The maximum Gasteiger partial charge on any atom is 0.181 e. The van der Waals surface area contributed by atoms with E-state index < -0.39 is 0 Å². The zero-order valence-electron chi connectivity index (χ0n) is 28.6. The van der Waals surface area contributed by atoms with Gasteiger partial charge in [0.05, 0.1) is 22.4 Å². The van der Waals surface area contributed by atoms with E-state index in [0.717, 1.165) is 55.8 Å². The summed E-state index contributed by atoms with van der Waals surface area (Å²) in [4.78, 5) is 7.32. The number of hydrogen-bond donors (Lipinski definition) is 0. The van der Waals surface area contributed by atoms with Crippen molar-refractivity contribution in [3.8, 4) is 16.8 Å². The number of rotatable bonds is 5. The predicted octanol–water partition coefficient (Wildman–Crippen LogP) is 13.5. The van der Waals surface area contributed by atoms with Crippen LogP contribution in [0.4, 0.5) is 17.2 Å². The molecule has 248 valence electrons. The number of hydrogen-bond acceptors (Lipinski definition) is 3. The number of fused-ring (bicyclic) bond motifs is 8. The van der Waals surface area contributed by atoms with Crippen LogP contribution in [-0.2, 0) is 0 Å². The lowest BCUT2D eigenvalue weighted by molar-refractivity contribution is 0.667. The van der Waals surface area contributed by atoms with Crippen LogP contribution in [0.3, 0.4) is 0 Å². The Morgan fingerprint density at radius 1 is 0.434 bits per heavy atom. The molecule has 0 saturated carbocycles. The molecule has 0 radical (unpaired) electrons. The second-order valence-corrected chi connectivity index (χ2v) is 13.6. The summed E-state index contributed by atoms with van der Waals surface area (Å²) in [7, 11) is 0. The third-order valence-corrected chi connectivity index (χ3v) is 10.6. The molecule has 11 aromatic rings. The van der Waals surface area contributed by atoms with Gasteiger partial charge in [-0.3, -0.25) is 4.90 Å². The largest absolute Gasteiger partial charge is 0.452 e. The molecule has 53 heavy (non-hydrogen) atoms. The number of nitrogens with zero attached hydrogens (tertiary/aromatic N) is 3. The zero-order chi connectivity index (χ0) is 34.9. The molecule has 0 aliphatic heterocycles. The number of anilines is 3. The van der Waals surface area contributed by atoms with Gasteiger partial charge < -0.3 is 8.98 Å². The topological polar surface area (TPSA) is 34.2 Å². The second-order valence-electron chi connectivity index (χ2n) is 13.6. The summed E-state index contributed by atoms with van der Waals surface area (Å²) in [6.45, 7) is 0. The highest BCUT2D eigenvalue weighted by molar-refractivity contribution is 6.12. The van der Waals surface area contributed by atoms with Gasteiger partial charge >= 0.3 is 0 Å². The summed E-state index contributed by atoms with van der Waals surface area (Å²) in [5.74, 6) is 0.737. The van der Waals surface area contributed by atoms with E-state index in [0.29, 0.717) is 0 Å². The van der Waals surface area contributed by atoms with Gasteiger partial charge in [0.15, 0.2) is 11.4 Å². The first-order valence-corrected chi connectivity index (χ1v) is 18.0. The normalized spacial score (nSPS) is 11.8. The van der Waals surface area contributed by atoms with Crippen LogP contribution < -0.4 is 4.90 Å². The zero-order valence-corrected chi connectivity index (χ0v) is 28.6. The number of aromatic nitrogens is 2. The maximum absolute atomic E-state index is 6.64. The molecule has 0 N–H and O–H groups in total. The summed E-state index contributed by atoms with van der Waals surface area (Å²) in [5.41, 5.74) is 9.33. The fraction of sp³-hybridized carbons (Fsp3) is 0. The SMILES string of the molecule is c1ccc2cc(-c3ccc(N(c4cc(-n5c6ccccc6c6ccccc65)c5ccccc5c4)c4nccc5c4oc4ccccc45)cc3)ccc2c1. The highest BCUT2D eigenvalue weighted by Gasteiger charge is 2.23. The molecular formula is C49H31N3O. The van der Waals surface area contributed by atoms with Crippen molar-refractivity contribution in [1.29, 1.82) is 0 Å². The highest BCUT2D eigenvalue weighted by Crippen LogP contribution is 2.44. The summed E-state index contributed by atoms with van der Waals surface area (Å²) < 4.78 is 9.05. The lowest BCUT2D eigenvalue weighted by Crippen LogP contribution is -2.12. The molecule has 0 saturated heterocycles. The first-order chi connectivity index (χ1) is 26.3. The van der Waals surface area contributed by atoms with Crippen LogP contribution >= 0.6 is 0 Å². The molecule has 0 amide bonds. The lowest BCUT2D eigenvalue weighted by atomic mass is 10.0. The van der Waals surface area contributed by atoms with E-state index in [-0.39, 0.29) is 0 Å². The molecule has 4 heteroatoms. The van der Waals surface area contributed by atoms with E-state index in [1.54, 1.807) is 0 Å². The maximum atomic E-state index is 6.64. The van der Waals surface area contributed by atoms with Gasteiger partial charge in [0.1, 0.15) is 5.58 Å². The summed E-state index contributed by atoms with van der Waals surface area (Å²) >= 11 is 0. The van der Waals surface area contributed by atoms with Crippen molar-refractivity contribution in [1.82, 2.24) is 9.55 Å². The molecule has 3 heterocycles. The summed E-state index contributed by atoms with van der Waals surface area (Å²) in [6, 6.07) is 64.8. The van der Waals surface area contributed by atoms with Crippen LogP contribution in [0.1, 0.15) is 0 Å². The molecule has 8 aromatic carbocycles. The van der Waals surface area contributed by atoms with Crippen molar-refractivity contribution in [3.63, 3.8) is 0 Å². The number of pyridine rings is 1. The molecule has 4 nitrogen and oxygen atoms in total. The Kier molecular flexibility index (Phi) is 6.52. The van der Waals surface area contributed by atoms with Gasteiger partial charge in [-0.2, -0.15) is 0 Å². The van der Waals surface area contributed by atoms with Crippen molar-refractivity contribution >= 4 is 82.5 Å². The van der Waals surface area contributed by atoms with Crippen molar-refractivity contribution < 1.29 is 4.42 Å². The van der Waals surface area contributed by atoms with Crippen LogP contribution in [0.2, 0.25) is 0 Å². The lowest BCUT2D eigenvalue weighted by Gasteiger charge is -2.26. The van der Waals surface area contributed by atoms with Gasteiger partial charge in [-0.05, 0) is 81.9 Å². The average Bonchev–Trinajstić information content (AvgIpc) is 3.77. The van der Waals surface area contributed by atoms with Crippen molar-refractivity contribution in [2.45, 2.75) is 0 Å². The molecule has 0 atom stereocenters. The Balaban J connectivity index is 1.17. The van der Waals surface area contributed by atoms with E-state index >= 15 is 0 Å². The van der Waals surface area contributed by atoms with Crippen LogP contribution in [0.25, 0.3) is 82.1 Å². The fourth-order valence-corrected chi connectivity index (χ4v) is 8.13. The van der Waals surface area contributed by atoms with Crippen molar-refractivity contribution in [2.75, 3.05) is 4.90 Å². The highest BCUT2D eigenvalue weighted by atomic mass is 16.3. The fourth-order valence-electron chi connectivity index (χ4n) is 8.13. The molecule has 0 unspecified atom stereocenters. The third-order valence-electron chi connectivity index (χ3n) is 10.6. The van der Waals surface area contributed by atoms with Crippen LogP contribution in [0, 0.1) is 0 Å². The van der Waals surface area contributed by atoms with Gasteiger partial charge in [0.2, 0.25) is 0 Å². The summed E-state index contributed by atoms with van der Waals surface area (Å²) in [5, 5.41) is 9.33. The van der Waals surface area contributed by atoms with Gasteiger partial charge in [-0.15, -0.1) is 0 Å². The number of benzene rings is 8. The minimum atomic E-state index is 0.737. The molecule has 0 aliphatic rings. The molecule has 0 fully saturated rings. The molecule has 0 spiro atoms. The number of furan rings is 1. The minimum Gasteiger partial charge on any atom is -0.452 e. The van der Waals surface area contributed by atoms with Crippen LogP contribution in [0.15, 0.2) is 193 Å². The van der Waals surface area contributed by atoms with E-state index in [2.05, 4.69) is 179 Å². The molecule has 0 aliphatic carbocycles. The molecule has 0 bridgehead atoms. The van der Waals surface area contributed by atoms with Crippen LogP contribution in [0.5, 0.6) is 0 Å². The van der Waals surface area contributed by atoms with Crippen LogP contribution in [-0.4, -0.2) is 9.55 Å². The minimum absolute atomic E-state index is 0.737. The quantitative estimate of drug-likeness (QED) is 0.182. The Hall–Kier alpha value is -7.17. The average molecular weight is 678 g/mol. The van der Waals surface area contributed by atoms with E-state index in [1.165, 1.54) is 43.5 Å². The van der Waals surface area contributed by atoms with Crippen molar-refractivity contribution in [2.24, 2.45) is 0 Å². The standard InChI is InChI=1S/C49H31N3O/c1-2-12-34-29-35(22-21-32(34)11-1)33-23-25-37(26-24-33)51(49-48-43(27-28-50-49)42-17-7-10-20-47(42)53-48)38-30-36-13-3-4-14-39(36)46(31-38)52-44-18-8-5-15-40(44)41-16-6-9-19-45(41)52/h1-31H. The number of para-hydroxylation sites is 3. The van der Waals surface area contributed by atoms with E-state index in [9.17, 15) is 0 Å². The monoisotopic (exact) mass is 677 g/mol. The van der Waals surface area contributed by atoms with Gasteiger partial charge in [0.25, 0.3) is 0 Å². The third kappa shape index (κ3) is 4.66. The molecule has 3 aromatic heterocycles. The Bertz CT molecular complexity index is 3140. The predicted molar refractivity (Wildman–Crippen MR) is 221 cm³/mol. The van der Waals surface area contributed by atoms with Gasteiger partial charge in [-0.25, -0.2) is 4.98 Å². The van der Waals surface area contributed by atoms with E-state index in [1.807, 2.05) is 18.3 Å². The Labute approximate surface area is 305 Å². The smallest absolute Gasteiger partial charge is 0.181 e. The Morgan fingerprint density at radius 3 is 1.83 bits per heavy atom. The second kappa shape index (κ2) is 11.7. The molecule has 11 rings (SSSR count). The first kappa shape index (κ1) is 29.5. The summed E-state index contributed by atoms with van der Waals surface area (Å²) in [6.07, 6.45) is 1.89.